The van der Waals surface area contributed by atoms with E-state index in [-0.39, 0.29) is 30.1 Å². The van der Waals surface area contributed by atoms with Crippen LogP contribution in [0.3, 0.4) is 0 Å². The summed E-state index contributed by atoms with van der Waals surface area (Å²) in [5.74, 6) is 0.452. The van der Waals surface area contributed by atoms with Gasteiger partial charge in [-0.3, -0.25) is 9.59 Å². The number of carbonyl (C=O) groups excluding carboxylic acids is 1. The van der Waals surface area contributed by atoms with E-state index in [4.69, 9.17) is 0 Å². The Morgan fingerprint density at radius 3 is 2.76 bits per heavy atom. The first-order valence-corrected chi connectivity index (χ1v) is 6.83. The van der Waals surface area contributed by atoms with E-state index in [2.05, 4.69) is 15.5 Å². The van der Waals surface area contributed by atoms with Crippen LogP contribution in [0.4, 0.5) is 0 Å². The first-order chi connectivity index (χ1) is 9.99. The van der Waals surface area contributed by atoms with Gasteiger partial charge in [-0.05, 0) is 26.8 Å². The largest absolute Gasteiger partial charge is 0.345 e. The number of amides is 1. The zero-order valence-corrected chi connectivity index (χ0v) is 12.4. The van der Waals surface area contributed by atoms with Gasteiger partial charge in [0.15, 0.2) is 5.82 Å². The number of carbonyl (C=O) groups is 1. The third-order valence-corrected chi connectivity index (χ3v) is 3.13. The Bertz CT molecular complexity index is 674. The van der Waals surface area contributed by atoms with Gasteiger partial charge in [0.25, 0.3) is 5.56 Å². The van der Waals surface area contributed by atoms with Gasteiger partial charge in [-0.1, -0.05) is 6.07 Å². The van der Waals surface area contributed by atoms with Gasteiger partial charge in [0.05, 0.1) is 6.04 Å². The summed E-state index contributed by atoms with van der Waals surface area (Å²) in [6.45, 7) is 5.87. The Kier molecular flexibility index (Phi) is 4.52. The molecule has 112 valence electrons. The normalized spacial score (nSPS) is 12.4. The number of hydrogen-bond acceptors (Lipinski definition) is 4. The molecule has 1 N–H and O–H groups in total. The highest BCUT2D eigenvalue weighted by Gasteiger charge is 2.17. The Labute approximate surface area is 122 Å². The van der Waals surface area contributed by atoms with Crippen LogP contribution in [-0.2, 0) is 11.3 Å². The lowest BCUT2D eigenvalue weighted by molar-refractivity contribution is -0.122. The average molecular weight is 289 g/mol. The molecule has 0 aliphatic rings. The Hall–Kier alpha value is -2.44. The third kappa shape index (κ3) is 3.56. The molecule has 0 spiro atoms. The number of hydrogen-bond donors (Lipinski definition) is 1. The Morgan fingerprint density at radius 2 is 2.10 bits per heavy atom. The van der Waals surface area contributed by atoms with Crippen molar-refractivity contribution in [1.82, 2.24) is 24.6 Å². The molecule has 0 bridgehead atoms. The highest BCUT2D eigenvalue weighted by Crippen LogP contribution is 2.13. The second-order valence-electron chi connectivity index (χ2n) is 5.15. The number of aromatic nitrogens is 4. The van der Waals surface area contributed by atoms with Crippen molar-refractivity contribution in [2.24, 2.45) is 0 Å². The summed E-state index contributed by atoms with van der Waals surface area (Å²) in [5, 5.41) is 10.8. The fraction of sp³-hybridized carbons (Fsp3) is 0.429. The highest BCUT2D eigenvalue weighted by molar-refractivity contribution is 5.76. The highest BCUT2D eigenvalue weighted by atomic mass is 16.2. The molecule has 1 amide bonds. The first-order valence-electron chi connectivity index (χ1n) is 6.83. The van der Waals surface area contributed by atoms with Gasteiger partial charge in [0, 0.05) is 18.3 Å². The van der Waals surface area contributed by atoms with E-state index >= 15 is 0 Å². The van der Waals surface area contributed by atoms with E-state index < -0.39 is 0 Å². The molecule has 2 aromatic heterocycles. The first kappa shape index (κ1) is 15.0. The lowest BCUT2D eigenvalue weighted by Gasteiger charge is -2.17. The quantitative estimate of drug-likeness (QED) is 0.886. The molecule has 0 unspecified atom stereocenters. The van der Waals surface area contributed by atoms with Crippen molar-refractivity contribution >= 4 is 5.91 Å². The van der Waals surface area contributed by atoms with Crippen LogP contribution >= 0.6 is 0 Å². The van der Waals surface area contributed by atoms with Crippen molar-refractivity contribution in [3.05, 3.63) is 46.9 Å². The van der Waals surface area contributed by atoms with E-state index in [0.29, 0.717) is 5.82 Å². The molecule has 0 saturated carbocycles. The zero-order chi connectivity index (χ0) is 15.4. The lowest BCUT2D eigenvalue weighted by atomic mass is 10.2. The van der Waals surface area contributed by atoms with Crippen molar-refractivity contribution in [1.29, 1.82) is 0 Å². The Morgan fingerprint density at radius 1 is 1.33 bits per heavy atom. The summed E-state index contributed by atoms with van der Waals surface area (Å²) in [6, 6.07) is 4.72. The summed E-state index contributed by atoms with van der Waals surface area (Å²) in [7, 11) is 0. The van der Waals surface area contributed by atoms with Gasteiger partial charge < -0.3 is 14.5 Å². The summed E-state index contributed by atoms with van der Waals surface area (Å²) in [6.07, 6.45) is 3.23. The standard InChI is InChI=1S/C14H19N5O2/c1-10(2)19-9-15-17-14(19)11(3)16-12(20)8-18-7-5-4-6-13(18)21/h4-7,9-11H,8H2,1-3H3,(H,16,20)/t11-/m1/s1. The SMILES string of the molecule is CC(C)n1cnnc1[C@@H](C)NC(=O)Cn1ccccc1=O. The lowest BCUT2D eigenvalue weighted by Crippen LogP contribution is -2.34. The smallest absolute Gasteiger partial charge is 0.250 e. The molecule has 1 atom stereocenters. The number of nitrogens with zero attached hydrogens (tertiary/aromatic N) is 4. The van der Waals surface area contributed by atoms with E-state index in [1.165, 1.54) is 10.6 Å². The molecular weight excluding hydrogens is 270 g/mol. The van der Waals surface area contributed by atoms with E-state index in [1.54, 1.807) is 24.7 Å². The molecule has 21 heavy (non-hydrogen) atoms. The predicted octanol–water partition coefficient (Wildman–Crippen LogP) is 0.898. The molecule has 2 aromatic rings. The number of rotatable bonds is 5. The van der Waals surface area contributed by atoms with Gasteiger partial charge in [-0.15, -0.1) is 10.2 Å². The van der Waals surface area contributed by atoms with Crippen LogP contribution in [0.25, 0.3) is 0 Å². The van der Waals surface area contributed by atoms with Gasteiger partial charge in [0.1, 0.15) is 12.9 Å². The number of nitrogens with one attached hydrogen (secondary N) is 1. The van der Waals surface area contributed by atoms with Crippen molar-refractivity contribution < 1.29 is 4.79 Å². The molecule has 0 aromatic carbocycles. The predicted molar refractivity (Wildman–Crippen MR) is 77.7 cm³/mol. The fourth-order valence-corrected chi connectivity index (χ4v) is 2.06. The van der Waals surface area contributed by atoms with Crippen LogP contribution in [0.1, 0.15) is 38.7 Å². The van der Waals surface area contributed by atoms with E-state index in [1.807, 2.05) is 25.3 Å². The van der Waals surface area contributed by atoms with E-state index in [0.717, 1.165) is 0 Å². The topological polar surface area (TPSA) is 81.8 Å². The maximum absolute atomic E-state index is 12.0. The van der Waals surface area contributed by atoms with Crippen LogP contribution in [0.15, 0.2) is 35.5 Å². The summed E-state index contributed by atoms with van der Waals surface area (Å²) < 4.78 is 3.26. The van der Waals surface area contributed by atoms with Crippen molar-refractivity contribution in [2.45, 2.75) is 39.4 Å². The van der Waals surface area contributed by atoms with Crippen molar-refractivity contribution in [3.8, 4) is 0 Å². The molecule has 0 fully saturated rings. The third-order valence-electron chi connectivity index (χ3n) is 3.13. The van der Waals surface area contributed by atoms with Gasteiger partial charge in [-0.25, -0.2) is 0 Å². The van der Waals surface area contributed by atoms with Gasteiger partial charge in [0.2, 0.25) is 5.91 Å². The van der Waals surface area contributed by atoms with Crippen LogP contribution in [-0.4, -0.2) is 25.2 Å². The molecular formula is C14H19N5O2. The second-order valence-corrected chi connectivity index (χ2v) is 5.15. The van der Waals surface area contributed by atoms with Gasteiger partial charge in [-0.2, -0.15) is 0 Å². The molecule has 0 saturated heterocycles. The fourth-order valence-electron chi connectivity index (χ4n) is 2.06. The monoisotopic (exact) mass is 289 g/mol. The summed E-state index contributed by atoms with van der Waals surface area (Å²) >= 11 is 0. The maximum Gasteiger partial charge on any atom is 0.250 e. The van der Waals surface area contributed by atoms with Crippen LogP contribution in [0.2, 0.25) is 0 Å². The number of pyridine rings is 1. The molecule has 0 aliphatic carbocycles. The summed E-state index contributed by atoms with van der Waals surface area (Å²) in [4.78, 5) is 23.6. The van der Waals surface area contributed by atoms with Gasteiger partial charge >= 0.3 is 0 Å². The minimum atomic E-state index is -0.276. The van der Waals surface area contributed by atoms with Crippen molar-refractivity contribution in [2.75, 3.05) is 0 Å². The molecule has 0 aliphatic heterocycles. The molecule has 7 heteroatoms. The van der Waals surface area contributed by atoms with Crippen LogP contribution in [0.5, 0.6) is 0 Å². The minimum absolute atomic E-state index is 0.0141. The van der Waals surface area contributed by atoms with Crippen LogP contribution in [0, 0.1) is 0 Å². The molecule has 0 radical (unpaired) electrons. The molecule has 7 nitrogen and oxygen atoms in total. The van der Waals surface area contributed by atoms with Crippen LogP contribution < -0.4 is 10.9 Å². The molecule has 2 rings (SSSR count). The summed E-state index contributed by atoms with van der Waals surface area (Å²) in [5.41, 5.74) is -0.203. The second kappa shape index (κ2) is 6.34. The van der Waals surface area contributed by atoms with E-state index in [9.17, 15) is 9.59 Å². The zero-order valence-electron chi connectivity index (χ0n) is 12.4. The minimum Gasteiger partial charge on any atom is -0.345 e. The molecule has 2 heterocycles. The maximum atomic E-state index is 12.0. The average Bonchev–Trinajstić information content (AvgIpc) is 2.91. The van der Waals surface area contributed by atoms with Crippen molar-refractivity contribution in [3.63, 3.8) is 0 Å². The Balaban J connectivity index is 2.04.